The monoisotopic (exact) mass is 404 g/mol. The van der Waals surface area contributed by atoms with E-state index in [-0.39, 0.29) is 35.0 Å². The molecular formula is C21H25ClN2O4. The molecule has 2 aromatic rings. The topological polar surface area (TPSA) is 80.2 Å². The third-order valence-electron chi connectivity index (χ3n) is 3.90. The fourth-order valence-corrected chi connectivity index (χ4v) is 2.75. The van der Waals surface area contributed by atoms with Crippen LogP contribution >= 0.6 is 11.6 Å². The summed E-state index contributed by atoms with van der Waals surface area (Å²) in [5, 5.41) is 13.9. The number of hydrogen-bond donors (Lipinski definition) is 2. The van der Waals surface area contributed by atoms with Crippen molar-refractivity contribution in [3.05, 3.63) is 52.0 Å². The molecule has 2 rings (SSSR count). The molecule has 0 fully saturated rings. The van der Waals surface area contributed by atoms with Gasteiger partial charge in [0.05, 0.1) is 17.8 Å². The van der Waals surface area contributed by atoms with Crippen LogP contribution in [0.2, 0.25) is 5.02 Å². The lowest BCUT2D eigenvalue weighted by Crippen LogP contribution is -2.25. The van der Waals surface area contributed by atoms with E-state index in [0.717, 1.165) is 11.1 Å². The number of phenolic OH excluding ortho intramolecular Hbond substituents is 1. The minimum absolute atomic E-state index is 0.128. The fraction of sp³-hybridized carbons (Fsp3) is 0.333. The van der Waals surface area contributed by atoms with Crippen molar-refractivity contribution in [1.82, 2.24) is 5.43 Å². The summed E-state index contributed by atoms with van der Waals surface area (Å²) in [6.45, 7) is 8.15. The van der Waals surface area contributed by atoms with Gasteiger partial charge in [-0.15, -0.1) is 0 Å². The van der Waals surface area contributed by atoms with E-state index in [9.17, 15) is 9.90 Å². The predicted molar refractivity (Wildman–Crippen MR) is 111 cm³/mol. The Labute approximate surface area is 170 Å². The number of nitrogens with one attached hydrogen (secondary N) is 1. The molecule has 6 nitrogen and oxygen atoms in total. The molecule has 0 saturated carbocycles. The average Bonchev–Trinajstić information content (AvgIpc) is 2.64. The largest absolute Gasteiger partial charge is 0.503 e. The number of benzene rings is 2. The van der Waals surface area contributed by atoms with Gasteiger partial charge in [-0.2, -0.15) is 5.10 Å². The molecule has 0 spiro atoms. The van der Waals surface area contributed by atoms with Crippen molar-refractivity contribution in [2.45, 2.75) is 33.6 Å². The zero-order valence-corrected chi connectivity index (χ0v) is 17.2. The van der Waals surface area contributed by atoms with Gasteiger partial charge in [-0.05, 0) is 54.7 Å². The summed E-state index contributed by atoms with van der Waals surface area (Å²) in [4.78, 5) is 12.0. The van der Waals surface area contributed by atoms with E-state index in [1.165, 1.54) is 12.3 Å². The second-order valence-electron chi connectivity index (χ2n) is 6.56. The Hall–Kier alpha value is -2.73. The smallest absolute Gasteiger partial charge is 0.277 e. The first-order valence-corrected chi connectivity index (χ1v) is 9.40. The van der Waals surface area contributed by atoms with Gasteiger partial charge in [0.15, 0.2) is 18.1 Å². The summed E-state index contributed by atoms with van der Waals surface area (Å²) in [5.41, 5.74) is 5.09. The first-order valence-electron chi connectivity index (χ1n) is 9.02. The number of hydrogen-bond acceptors (Lipinski definition) is 5. The number of halogens is 1. The molecule has 7 heteroatoms. The van der Waals surface area contributed by atoms with Crippen LogP contribution in [-0.4, -0.2) is 30.4 Å². The molecule has 2 aromatic carbocycles. The highest BCUT2D eigenvalue weighted by Crippen LogP contribution is 2.34. The lowest BCUT2D eigenvalue weighted by atomic mass is 10.0. The first kappa shape index (κ1) is 21.6. The van der Waals surface area contributed by atoms with Crippen molar-refractivity contribution in [2.75, 3.05) is 13.2 Å². The van der Waals surface area contributed by atoms with Gasteiger partial charge in [0.1, 0.15) is 5.75 Å². The summed E-state index contributed by atoms with van der Waals surface area (Å²) < 4.78 is 11.0. The Morgan fingerprint density at radius 1 is 1.25 bits per heavy atom. The van der Waals surface area contributed by atoms with E-state index in [4.69, 9.17) is 21.1 Å². The third kappa shape index (κ3) is 5.89. The lowest BCUT2D eigenvalue weighted by Gasteiger charge is -2.14. The van der Waals surface area contributed by atoms with Gasteiger partial charge in [0.25, 0.3) is 5.91 Å². The zero-order valence-electron chi connectivity index (χ0n) is 16.5. The maximum absolute atomic E-state index is 12.0. The summed E-state index contributed by atoms with van der Waals surface area (Å²) >= 11 is 5.97. The van der Waals surface area contributed by atoms with Crippen molar-refractivity contribution >= 4 is 23.7 Å². The highest BCUT2D eigenvalue weighted by atomic mass is 35.5. The molecule has 0 atom stereocenters. The molecule has 2 N–H and O–H groups in total. The molecule has 0 heterocycles. The van der Waals surface area contributed by atoms with Gasteiger partial charge in [0, 0.05) is 0 Å². The number of ether oxygens (including phenoxy) is 2. The Morgan fingerprint density at radius 2 is 2.00 bits per heavy atom. The lowest BCUT2D eigenvalue weighted by molar-refractivity contribution is -0.123. The van der Waals surface area contributed by atoms with Crippen LogP contribution in [-0.2, 0) is 4.79 Å². The molecule has 0 bridgehead atoms. The quantitative estimate of drug-likeness (QED) is 0.504. The van der Waals surface area contributed by atoms with E-state index in [1.807, 2.05) is 25.1 Å². The molecule has 0 aliphatic heterocycles. The van der Waals surface area contributed by atoms with Gasteiger partial charge >= 0.3 is 0 Å². The maximum Gasteiger partial charge on any atom is 0.277 e. The summed E-state index contributed by atoms with van der Waals surface area (Å²) in [7, 11) is 0. The number of phenols is 1. The summed E-state index contributed by atoms with van der Waals surface area (Å²) in [5.74, 6) is 0.725. The van der Waals surface area contributed by atoms with Crippen LogP contribution in [0.5, 0.6) is 17.2 Å². The minimum Gasteiger partial charge on any atom is -0.503 e. The van der Waals surface area contributed by atoms with Crippen LogP contribution < -0.4 is 14.9 Å². The molecule has 0 saturated heterocycles. The van der Waals surface area contributed by atoms with Crippen molar-refractivity contribution in [3.63, 3.8) is 0 Å². The average molecular weight is 405 g/mol. The highest BCUT2D eigenvalue weighted by Gasteiger charge is 2.11. The van der Waals surface area contributed by atoms with Crippen LogP contribution in [0.1, 0.15) is 43.4 Å². The molecule has 0 aliphatic carbocycles. The number of aryl methyl sites for hydroxylation is 1. The standard InChI is InChI=1S/C21H25ClN2O4/c1-5-27-19-10-15(9-17(22)21(19)26)11-23-24-20(25)12-28-18-8-14(4)6-7-16(18)13(2)3/h6-11,13,26H,5,12H2,1-4H3,(H,24,25). The van der Waals surface area contributed by atoms with Gasteiger partial charge in [-0.3, -0.25) is 4.79 Å². The molecular weight excluding hydrogens is 380 g/mol. The Kier molecular flexibility index (Phi) is 7.70. The van der Waals surface area contributed by atoms with Gasteiger partial charge < -0.3 is 14.6 Å². The molecule has 1 amide bonds. The van der Waals surface area contributed by atoms with Crippen molar-refractivity contribution in [1.29, 1.82) is 0 Å². The third-order valence-corrected chi connectivity index (χ3v) is 4.19. The van der Waals surface area contributed by atoms with Crippen LogP contribution in [0.15, 0.2) is 35.4 Å². The van der Waals surface area contributed by atoms with Gasteiger partial charge in [0.2, 0.25) is 0 Å². The zero-order chi connectivity index (χ0) is 20.7. The highest BCUT2D eigenvalue weighted by molar-refractivity contribution is 6.32. The van der Waals surface area contributed by atoms with Crippen molar-refractivity contribution < 1.29 is 19.4 Å². The molecule has 28 heavy (non-hydrogen) atoms. The van der Waals surface area contributed by atoms with Crippen LogP contribution in [0.3, 0.4) is 0 Å². The van der Waals surface area contributed by atoms with Gasteiger partial charge in [-0.1, -0.05) is 37.6 Å². The second kappa shape index (κ2) is 9.99. The number of amides is 1. The van der Waals surface area contributed by atoms with E-state index in [0.29, 0.717) is 17.9 Å². The summed E-state index contributed by atoms with van der Waals surface area (Å²) in [6, 6.07) is 9.05. The van der Waals surface area contributed by atoms with Crippen LogP contribution in [0.25, 0.3) is 0 Å². The molecule has 0 radical (unpaired) electrons. The molecule has 0 aromatic heterocycles. The van der Waals surface area contributed by atoms with Crippen molar-refractivity contribution in [3.8, 4) is 17.2 Å². The predicted octanol–water partition coefficient (Wildman–Crippen LogP) is 4.41. The normalized spacial score (nSPS) is 11.1. The number of hydrazone groups is 1. The Morgan fingerprint density at radius 3 is 2.68 bits per heavy atom. The molecule has 150 valence electrons. The summed E-state index contributed by atoms with van der Waals surface area (Å²) in [6.07, 6.45) is 1.41. The number of rotatable bonds is 8. The number of carbonyl (C=O) groups excluding carboxylic acids is 1. The van der Waals surface area contributed by atoms with Crippen LogP contribution in [0.4, 0.5) is 0 Å². The van der Waals surface area contributed by atoms with Crippen LogP contribution in [0, 0.1) is 6.92 Å². The van der Waals surface area contributed by atoms with Crippen molar-refractivity contribution in [2.24, 2.45) is 5.10 Å². The maximum atomic E-state index is 12.0. The van der Waals surface area contributed by atoms with E-state index in [1.54, 1.807) is 13.0 Å². The van der Waals surface area contributed by atoms with E-state index >= 15 is 0 Å². The van der Waals surface area contributed by atoms with Gasteiger partial charge in [-0.25, -0.2) is 5.43 Å². The fourth-order valence-electron chi connectivity index (χ4n) is 2.53. The SMILES string of the molecule is CCOc1cc(C=NNC(=O)COc2cc(C)ccc2C(C)C)cc(Cl)c1O. The molecule has 0 unspecified atom stereocenters. The second-order valence-corrected chi connectivity index (χ2v) is 6.97. The number of carbonyl (C=O) groups is 1. The Balaban J connectivity index is 1.97. The van der Waals surface area contributed by atoms with E-state index < -0.39 is 0 Å². The first-order chi connectivity index (χ1) is 13.3. The number of nitrogens with zero attached hydrogens (tertiary/aromatic N) is 1. The molecule has 0 aliphatic rings. The number of aromatic hydroxyl groups is 1. The van der Waals surface area contributed by atoms with E-state index in [2.05, 4.69) is 24.4 Å². The minimum atomic E-state index is -0.387. The Bertz CT molecular complexity index is 866.